The molecule has 0 atom stereocenters. The summed E-state index contributed by atoms with van der Waals surface area (Å²) in [6.07, 6.45) is 8.76. The highest BCUT2D eigenvalue weighted by molar-refractivity contribution is 5.94. The summed E-state index contributed by atoms with van der Waals surface area (Å²) >= 11 is 0. The van der Waals surface area contributed by atoms with Crippen LogP contribution in [0.5, 0.6) is 5.75 Å². The summed E-state index contributed by atoms with van der Waals surface area (Å²) < 4.78 is 5.44. The molecule has 1 fully saturated rings. The number of benzene rings is 2. The first-order valence-electron chi connectivity index (χ1n) is 13.7. The van der Waals surface area contributed by atoms with Gasteiger partial charge in [-0.1, -0.05) is 69.2 Å². The van der Waals surface area contributed by atoms with E-state index < -0.39 is 0 Å². The highest BCUT2D eigenvalue weighted by atomic mass is 16.5. The predicted molar refractivity (Wildman–Crippen MR) is 151 cm³/mol. The summed E-state index contributed by atoms with van der Waals surface area (Å²) in [6, 6.07) is 15.9. The van der Waals surface area contributed by atoms with Gasteiger partial charge in [-0.25, -0.2) is 0 Å². The molecule has 0 unspecified atom stereocenters. The van der Waals surface area contributed by atoms with Gasteiger partial charge < -0.3 is 14.5 Å². The van der Waals surface area contributed by atoms with Crippen LogP contribution in [0.3, 0.4) is 0 Å². The standard InChI is InChI=1S/C31H43N3O3/c1-4-6-7-14-30(35)33(19-10-12-27-11-8-9-13-29(27)37-3)23-20-32-21-24-34(25-22-32)31(36)28-17-15-26(5-2)16-18-28/h8-13,15-18H,4-7,14,19-25H2,1-3H3/b12-10+. The summed E-state index contributed by atoms with van der Waals surface area (Å²) in [5.74, 6) is 1.15. The Kier molecular flexibility index (Phi) is 11.7. The topological polar surface area (TPSA) is 53.1 Å². The van der Waals surface area contributed by atoms with Crippen LogP contribution in [0.15, 0.2) is 54.6 Å². The van der Waals surface area contributed by atoms with E-state index >= 15 is 0 Å². The zero-order valence-electron chi connectivity index (χ0n) is 22.8. The molecule has 0 bridgehead atoms. The van der Waals surface area contributed by atoms with Crippen molar-refractivity contribution in [3.63, 3.8) is 0 Å². The summed E-state index contributed by atoms with van der Waals surface area (Å²) in [7, 11) is 1.67. The number of hydrogen-bond acceptors (Lipinski definition) is 4. The Bertz CT molecular complexity index is 1010. The lowest BCUT2D eigenvalue weighted by molar-refractivity contribution is -0.131. The van der Waals surface area contributed by atoms with Gasteiger partial charge in [0.05, 0.1) is 7.11 Å². The number of piperazine rings is 1. The zero-order chi connectivity index (χ0) is 26.5. The molecule has 1 heterocycles. The number of methoxy groups -OCH3 is 1. The van der Waals surface area contributed by atoms with Crippen molar-refractivity contribution in [3.8, 4) is 5.75 Å². The second-order valence-electron chi connectivity index (χ2n) is 9.63. The van der Waals surface area contributed by atoms with Crippen molar-refractivity contribution >= 4 is 17.9 Å². The van der Waals surface area contributed by atoms with Gasteiger partial charge in [-0.15, -0.1) is 0 Å². The molecular formula is C31H43N3O3. The van der Waals surface area contributed by atoms with Crippen molar-refractivity contribution in [2.24, 2.45) is 0 Å². The summed E-state index contributed by atoms with van der Waals surface area (Å²) in [5, 5.41) is 0. The van der Waals surface area contributed by atoms with Crippen LogP contribution in [0, 0.1) is 0 Å². The second-order valence-corrected chi connectivity index (χ2v) is 9.63. The van der Waals surface area contributed by atoms with Gasteiger partial charge >= 0.3 is 0 Å². The Hall–Kier alpha value is -3.12. The molecule has 1 saturated heterocycles. The average Bonchev–Trinajstić information content (AvgIpc) is 2.95. The van der Waals surface area contributed by atoms with Gasteiger partial charge in [0.2, 0.25) is 5.91 Å². The third-order valence-corrected chi connectivity index (χ3v) is 7.06. The van der Waals surface area contributed by atoms with E-state index in [1.54, 1.807) is 7.11 Å². The number of rotatable bonds is 13. The van der Waals surface area contributed by atoms with Gasteiger partial charge in [0.25, 0.3) is 5.91 Å². The third-order valence-electron chi connectivity index (χ3n) is 7.06. The number of carbonyl (C=O) groups excluding carboxylic acids is 2. The van der Waals surface area contributed by atoms with Crippen LogP contribution < -0.4 is 4.74 Å². The van der Waals surface area contributed by atoms with E-state index in [-0.39, 0.29) is 11.8 Å². The Balaban J connectivity index is 1.52. The smallest absolute Gasteiger partial charge is 0.253 e. The molecule has 0 spiro atoms. The van der Waals surface area contributed by atoms with Crippen molar-refractivity contribution in [2.75, 3.05) is 52.9 Å². The normalized spacial score (nSPS) is 14.2. The lowest BCUT2D eigenvalue weighted by Crippen LogP contribution is -2.50. The van der Waals surface area contributed by atoms with Gasteiger partial charge in [0.1, 0.15) is 5.75 Å². The van der Waals surface area contributed by atoms with Crippen molar-refractivity contribution in [2.45, 2.75) is 46.0 Å². The van der Waals surface area contributed by atoms with Gasteiger partial charge in [-0.05, 0) is 36.6 Å². The molecule has 0 saturated carbocycles. The van der Waals surface area contributed by atoms with Gasteiger partial charge in [-0.3, -0.25) is 14.5 Å². The molecule has 2 aromatic rings. The van der Waals surface area contributed by atoms with Crippen molar-refractivity contribution in [1.29, 1.82) is 0 Å². The summed E-state index contributed by atoms with van der Waals surface area (Å²) in [6.45, 7) is 9.44. The predicted octanol–water partition coefficient (Wildman–Crippen LogP) is 5.14. The Labute approximate surface area is 222 Å². The van der Waals surface area contributed by atoms with Gasteiger partial charge in [0, 0.05) is 63.4 Å². The number of unbranched alkanes of at least 4 members (excludes halogenated alkanes) is 2. The molecule has 3 rings (SSSR count). The maximum absolute atomic E-state index is 13.0. The monoisotopic (exact) mass is 505 g/mol. The van der Waals surface area contributed by atoms with E-state index in [0.717, 1.165) is 62.2 Å². The fraction of sp³-hybridized carbons (Fsp3) is 0.484. The molecule has 200 valence electrons. The SMILES string of the molecule is CCCCCC(=O)N(C/C=C/c1ccccc1OC)CCN1CCN(C(=O)c2ccc(CC)cc2)CC1. The van der Waals surface area contributed by atoms with Crippen LogP contribution >= 0.6 is 0 Å². The Morgan fingerprint density at radius 2 is 1.70 bits per heavy atom. The maximum Gasteiger partial charge on any atom is 0.253 e. The molecule has 0 aliphatic carbocycles. The van der Waals surface area contributed by atoms with Crippen LogP contribution in [-0.4, -0.2) is 79.4 Å². The highest BCUT2D eigenvalue weighted by Gasteiger charge is 2.23. The lowest BCUT2D eigenvalue weighted by Gasteiger charge is -2.36. The Morgan fingerprint density at radius 1 is 0.973 bits per heavy atom. The van der Waals surface area contributed by atoms with E-state index in [4.69, 9.17) is 4.74 Å². The highest BCUT2D eigenvalue weighted by Crippen LogP contribution is 2.19. The molecular weight excluding hydrogens is 462 g/mol. The van der Waals surface area contributed by atoms with Gasteiger partial charge in [0.15, 0.2) is 0 Å². The van der Waals surface area contributed by atoms with Crippen LogP contribution in [0.1, 0.15) is 61.0 Å². The fourth-order valence-corrected chi connectivity index (χ4v) is 4.62. The second kappa shape index (κ2) is 15.2. The van der Waals surface area contributed by atoms with E-state index in [0.29, 0.717) is 32.6 Å². The van der Waals surface area contributed by atoms with E-state index in [2.05, 4.69) is 24.8 Å². The largest absolute Gasteiger partial charge is 0.496 e. The molecule has 6 nitrogen and oxygen atoms in total. The first-order chi connectivity index (χ1) is 18.0. The maximum atomic E-state index is 13.0. The van der Waals surface area contributed by atoms with Gasteiger partial charge in [-0.2, -0.15) is 0 Å². The fourth-order valence-electron chi connectivity index (χ4n) is 4.62. The van der Waals surface area contributed by atoms with E-state index in [1.807, 2.05) is 64.4 Å². The lowest BCUT2D eigenvalue weighted by atomic mass is 10.1. The van der Waals surface area contributed by atoms with Crippen LogP contribution in [0.2, 0.25) is 0 Å². The summed E-state index contributed by atoms with van der Waals surface area (Å²) in [4.78, 5) is 32.2. The average molecular weight is 506 g/mol. The molecule has 1 aliphatic rings. The Morgan fingerprint density at radius 3 is 2.38 bits per heavy atom. The quantitative estimate of drug-likeness (QED) is 0.354. The van der Waals surface area contributed by atoms with E-state index in [1.165, 1.54) is 5.56 Å². The molecule has 0 radical (unpaired) electrons. The van der Waals surface area contributed by atoms with Crippen LogP contribution in [-0.2, 0) is 11.2 Å². The molecule has 1 aliphatic heterocycles. The number of nitrogens with zero attached hydrogens (tertiary/aromatic N) is 3. The van der Waals surface area contributed by atoms with Crippen molar-refractivity contribution < 1.29 is 14.3 Å². The molecule has 0 N–H and O–H groups in total. The number of aryl methyl sites for hydroxylation is 1. The molecule has 6 heteroatoms. The molecule has 37 heavy (non-hydrogen) atoms. The number of hydrogen-bond donors (Lipinski definition) is 0. The summed E-state index contributed by atoms with van der Waals surface area (Å²) in [5.41, 5.74) is 3.01. The molecule has 0 aromatic heterocycles. The minimum atomic E-state index is 0.108. The number of carbonyl (C=O) groups is 2. The van der Waals surface area contributed by atoms with Crippen molar-refractivity contribution in [3.05, 3.63) is 71.3 Å². The molecule has 2 aromatic carbocycles. The first-order valence-corrected chi connectivity index (χ1v) is 13.7. The van der Waals surface area contributed by atoms with E-state index in [9.17, 15) is 9.59 Å². The van der Waals surface area contributed by atoms with Crippen LogP contribution in [0.4, 0.5) is 0 Å². The minimum Gasteiger partial charge on any atom is -0.496 e. The minimum absolute atomic E-state index is 0.108. The first kappa shape index (κ1) is 28.5. The zero-order valence-corrected chi connectivity index (χ0v) is 22.8. The molecule has 2 amide bonds. The third kappa shape index (κ3) is 8.74. The number of ether oxygens (including phenoxy) is 1. The van der Waals surface area contributed by atoms with Crippen molar-refractivity contribution in [1.82, 2.24) is 14.7 Å². The number of amides is 2. The van der Waals surface area contributed by atoms with Crippen LogP contribution in [0.25, 0.3) is 6.08 Å². The number of para-hydroxylation sites is 1.